The molecule has 25 heavy (non-hydrogen) atoms. The van der Waals surface area contributed by atoms with Crippen molar-refractivity contribution < 1.29 is 9.47 Å². The zero-order valence-corrected chi connectivity index (χ0v) is 13.9. The molecule has 0 amide bonds. The smallest absolute Gasteiger partial charge is 0.228 e. The molecule has 0 aliphatic rings. The number of rotatable bonds is 4. The van der Waals surface area contributed by atoms with Crippen molar-refractivity contribution in [3.63, 3.8) is 0 Å². The molecule has 0 spiro atoms. The lowest BCUT2D eigenvalue weighted by Crippen LogP contribution is -2.00. The highest BCUT2D eigenvalue weighted by molar-refractivity contribution is 5.83. The van der Waals surface area contributed by atoms with Crippen molar-refractivity contribution in [2.24, 2.45) is 0 Å². The second-order valence-corrected chi connectivity index (χ2v) is 5.41. The van der Waals surface area contributed by atoms with Crippen LogP contribution in [-0.2, 0) is 0 Å². The van der Waals surface area contributed by atoms with Gasteiger partial charge in [-0.15, -0.1) is 0 Å². The van der Waals surface area contributed by atoms with E-state index in [1.165, 1.54) is 0 Å². The van der Waals surface area contributed by atoms with E-state index in [4.69, 9.17) is 14.5 Å². The Bertz CT molecular complexity index is 1010. The van der Waals surface area contributed by atoms with E-state index in [0.29, 0.717) is 17.4 Å². The molecule has 0 aliphatic heterocycles. The molecule has 4 aromatic rings. The molecule has 0 fully saturated rings. The van der Waals surface area contributed by atoms with E-state index in [9.17, 15) is 0 Å². The summed E-state index contributed by atoms with van der Waals surface area (Å²) in [6.07, 6.45) is 1.72. The maximum absolute atomic E-state index is 5.45. The van der Waals surface area contributed by atoms with Crippen molar-refractivity contribution >= 4 is 11.0 Å². The zero-order valence-electron chi connectivity index (χ0n) is 13.9. The highest BCUT2D eigenvalue weighted by atomic mass is 16.5. The van der Waals surface area contributed by atoms with Gasteiger partial charge in [-0.2, -0.15) is 10.1 Å². The molecule has 0 N–H and O–H groups in total. The molecule has 0 saturated carbocycles. The highest BCUT2D eigenvalue weighted by Crippen LogP contribution is 2.28. The Morgan fingerprint density at radius 2 is 1.60 bits per heavy atom. The lowest BCUT2D eigenvalue weighted by Gasteiger charge is -2.07. The summed E-state index contributed by atoms with van der Waals surface area (Å²) in [4.78, 5) is 9.24. The molecule has 0 radical (unpaired) electrons. The van der Waals surface area contributed by atoms with Crippen LogP contribution in [-0.4, -0.2) is 34.0 Å². The van der Waals surface area contributed by atoms with Gasteiger partial charge in [0.05, 0.1) is 26.1 Å². The van der Waals surface area contributed by atoms with E-state index in [-0.39, 0.29) is 0 Å². The number of ether oxygens (including phenoxy) is 2. The van der Waals surface area contributed by atoms with Crippen LogP contribution in [0.15, 0.2) is 60.8 Å². The number of hydrogen-bond donors (Lipinski definition) is 0. The Morgan fingerprint density at radius 3 is 2.28 bits per heavy atom. The molecule has 124 valence electrons. The first kappa shape index (κ1) is 15.1. The summed E-state index contributed by atoms with van der Waals surface area (Å²) in [5.41, 5.74) is 2.50. The fraction of sp³-hybridized carbons (Fsp3) is 0.105. The molecule has 2 heterocycles. The number of nitrogens with zero attached hydrogens (tertiary/aromatic N) is 4. The maximum atomic E-state index is 5.45. The van der Waals surface area contributed by atoms with Gasteiger partial charge in [0, 0.05) is 5.56 Å². The first-order valence-corrected chi connectivity index (χ1v) is 7.80. The van der Waals surface area contributed by atoms with Crippen molar-refractivity contribution in [3.8, 4) is 28.7 Å². The van der Waals surface area contributed by atoms with Gasteiger partial charge in [0.1, 0.15) is 11.1 Å². The van der Waals surface area contributed by atoms with Crippen LogP contribution < -0.4 is 9.47 Å². The van der Waals surface area contributed by atoms with E-state index < -0.39 is 0 Å². The molecule has 4 rings (SSSR count). The van der Waals surface area contributed by atoms with Crippen molar-refractivity contribution in [1.29, 1.82) is 0 Å². The lowest BCUT2D eigenvalue weighted by atomic mass is 10.2. The van der Waals surface area contributed by atoms with Crippen LogP contribution >= 0.6 is 0 Å². The summed E-state index contributed by atoms with van der Waals surface area (Å²) in [6.45, 7) is 0. The Labute approximate surface area is 144 Å². The molecule has 0 saturated heterocycles. The number of benzene rings is 2. The van der Waals surface area contributed by atoms with Gasteiger partial charge in [0.2, 0.25) is 5.88 Å². The highest BCUT2D eigenvalue weighted by Gasteiger charge is 2.15. The molecule has 0 bridgehead atoms. The molecule has 2 aromatic carbocycles. The van der Waals surface area contributed by atoms with E-state index >= 15 is 0 Å². The lowest BCUT2D eigenvalue weighted by molar-refractivity contribution is 0.403. The van der Waals surface area contributed by atoms with Crippen LogP contribution in [0.5, 0.6) is 11.6 Å². The minimum absolute atomic E-state index is 0.498. The largest absolute Gasteiger partial charge is 0.497 e. The maximum Gasteiger partial charge on any atom is 0.228 e. The van der Waals surface area contributed by atoms with Gasteiger partial charge in [0.25, 0.3) is 0 Å². The predicted octanol–water partition coefficient (Wildman–Crippen LogP) is 3.50. The number of methoxy groups -OCH3 is 2. The molecular weight excluding hydrogens is 316 g/mol. The van der Waals surface area contributed by atoms with Crippen LogP contribution in [0, 0.1) is 0 Å². The first-order valence-electron chi connectivity index (χ1n) is 7.80. The minimum Gasteiger partial charge on any atom is -0.497 e. The second kappa shape index (κ2) is 6.24. The van der Waals surface area contributed by atoms with Crippen LogP contribution in [0.4, 0.5) is 0 Å². The number of hydrogen-bond acceptors (Lipinski definition) is 5. The van der Waals surface area contributed by atoms with Gasteiger partial charge in [-0.1, -0.05) is 18.2 Å². The average Bonchev–Trinajstić information content (AvgIpc) is 3.12. The fourth-order valence-corrected chi connectivity index (χ4v) is 2.67. The fourth-order valence-electron chi connectivity index (χ4n) is 2.67. The van der Waals surface area contributed by atoms with Crippen molar-refractivity contribution in [2.45, 2.75) is 0 Å². The van der Waals surface area contributed by atoms with Gasteiger partial charge in [-0.05, 0) is 36.4 Å². The summed E-state index contributed by atoms with van der Waals surface area (Å²) in [5.74, 6) is 1.86. The van der Waals surface area contributed by atoms with Gasteiger partial charge in [0.15, 0.2) is 11.5 Å². The monoisotopic (exact) mass is 332 g/mol. The van der Waals surface area contributed by atoms with Crippen LogP contribution in [0.1, 0.15) is 0 Å². The molecule has 2 aromatic heterocycles. The standard InChI is InChI=1S/C19H16N4O2/c1-24-15-10-8-13(9-11-15)17-21-18-16(19(22-17)25-2)12-20-23(18)14-6-4-3-5-7-14/h3-12H,1-2H3. The Morgan fingerprint density at radius 1 is 0.840 bits per heavy atom. The number of aromatic nitrogens is 4. The van der Waals surface area contributed by atoms with Crippen LogP contribution in [0.25, 0.3) is 28.1 Å². The second-order valence-electron chi connectivity index (χ2n) is 5.41. The van der Waals surface area contributed by atoms with E-state index in [1.807, 2.05) is 54.6 Å². The molecule has 6 nitrogen and oxygen atoms in total. The van der Waals surface area contributed by atoms with Crippen molar-refractivity contribution in [2.75, 3.05) is 14.2 Å². The van der Waals surface area contributed by atoms with E-state index in [0.717, 1.165) is 22.4 Å². The topological polar surface area (TPSA) is 62.1 Å². The molecule has 0 unspecified atom stereocenters. The Hall–Kier alpha value is -3.41. The van der Waals surface area contributed by atoms with Crippen LogP contribution in [0.3, 0.4) is 0 Å². The van der Waals surface area contributed by atoms with Crippen molar-refractivity contribution in [3.05, 3.63) is 60.8 Å². The normalized spacial score (nSPS) is 10.8. The Balaban J connectivity index is 1.91. The Kier molecular flexibility index (Phi) is 3.78. The van der Waals surface area contributed by atoms with E-state index in [2.05, 4.69) is 10.1 Å². The SMILES string of the molecule is COc1ccc(-c2nc(OC)c3cnn(-c4ccccc4)c3n2)cc1. The zero-order chi connectivity index (χ0) is 17.2. The van der Waals surface area contributed by atoms with Gasteiger partial charge >= 0.3 is 0 Å². The third kappa shape index (κ3) is 2.67. The summed E-state index contributed by atoms with van der Waals surface area (Å²) in [6, 6.07) is 17.5. The van der Waals surface area contributed by atoms with Crippen molar-refractivity contribution in [1.82, 2.24) is 19.7 Å². The molecule has 0 aliphatic carbocycles. The van der Waals surface area contributed by atoms with Gasteiger partial charge in [-0.3, -0.25) is 0 Å². The average molecular weight is 332 g/mol. The minimum atomic E-state index is 0.498. The molecule has 0 atom stereocenters. The summed E-state index contributed by atoms with van der Waals surface area (Å²) >= 11 is 0. The summed E-state index contributed by atoms with van der Waals surface area (Å²) < 4.78 is 12.4. The van der Waals surface area contributed by atoms with Crippen LogP contribution in [0.2, 0.25) is 0 Å². The quantitative estimate of drug-likeness (QED) is 0.572. The molecular formula is C19H16N4O2. The summed E-state index contributed by atoms with van der Waals surface area (Å²) in [7, 11) is 3.23. The first-order chi connectivity index (χ1) is 12.3. The number of para-hydroxylation sites is 1. The molecule has 6 heteroatoms. The third-order valence-electron chi connectivity index (χ3n) is 3.94. The van der Waals surface area contributed by atoms with Gasteiger partial charge in [-0.25, -0.2) is 9.67 Å². The van der Waals surface area contributed by atoms with Gasteiger partial charge < -0.3 is 9.47 Å². The third-order valence-corrected chi connectivity index (χ3v) is 3.94. The number of fused-ring (bicyclic) bond motifs is 1. The predicted molar refractivity (Wildman–Crippen MR) is 95.2 cm³/mol. The summed E-state index contributed by atoms with van der Waals surface area (Å²) in [5, 5.41) is 5.22. The van der Waals surface area contributed by atoms with E-state index in [1.54, 1.807) is 25.1 Å².